The molecule has 1 saturated heterocycles. The van der Waals surface area contributed by atoms with Crippen LogP contribution in [0.1, 0.15) is 66.7 Å². The van der Waals surface area contributed by atoms with E-state index in [9.17, 15) is 18.0 Å². The fraction of sp³-hybridized carbons (Fsp3) is 0.607. The Labute approximate surface area is 230 Å². The highest BCUT2D eigenvalue weighted by Gasteiger charge is 2.39. The smallest absolute Gasteiger partial charge is 0.240 e. The summed E-state index contributed by atoms with van der Waals surface area (Å²) in [6.45, 7) is 6.48. The first-order valence-electron chi connectivity index (χ1n) is 13.8. The third-order valence-corrected chi connectivity index (χ3v) is 8.82. The number of aromatic nitrogens is 2. The fourth-order valence-electron chi connectivity index (χ4n) is 5.85. The zero-order valence-electron chi connectivity index (χ0n) is 23.0. The van der Waals surface area contributed by atoms with Crippen molar-refractivity contribution in [1.82, 2.24) is 9.78 Å². The van der Waals surface area contributed by atoms with Crippen molar-refractivity contribution < 1.29 is 22.7 Å². The quantitative estimate of drug-likeness (QED) is 0.380. The molecule has 0 spiro atoms. The van der Waals surface area contributed by atoms with Gasteiger partial charge in [0.2, 0.25) is 5.91 Å². The second-order valence-electron chi connectivity index (χ2n) is 11.5. The van der Waals surface area contributed by atoms with Crippen LogP contribution in [0.2, 0.25) is 0 Å². The SMILES string of the molecule is CCOC1CN(c2ccc3c(c2)CC[C@@]3(N)Cc2nn(CCC3CC3)c(NC(=O)CS(C)(=O)=O)c2C(C)=O)C1. The first-order valence-corrected chi connectivity index (χ1v) is 15.9. The molecule has 212 valence electrons. The van der Waals surface area contributed by atoms with E-state index in [4.69, 9.17) is 15.6 Å². The lowest BCUT2D eigenvalue weighted by atomic mass is 9.86. The number of benzene rings is 1. The van der Waals surface area contributed by atoms with Gasteiger partial charge in [-0.1, -0.05) is 18.9 Å². The Morgan fingerprint density at radius 1 is 1.26 bits per heavy atom. The minimum atomic E-state index is -3.53. The molecule has 0 radical (unpaired) electrons. The van der Waals surface area contributed by atoms with Gasteiger partial charge in [0.15, 0.2) is 15.6 Å². The molecule has 1 saturated carbocycles. The predicted molar refractivity (Wildman–Crippen MR) is 150 cm³/mol. The molecule has 1 aliphatic heterocycles. The molecule has 3 aliphatic rings. The van der Waals surface area contributed by atoms with Crippen molar-refractivity contribution in [2.45, 2.75) is 70.6 Å². The van der Waals surface area contributed by atoms with Crippen LogP contribution < -0.4 is 16.0 Å². The van der Waals surface area contributed by atoms with Crippen molar-refractivity contribution in [2.75, 3.05) is 41.9 Å². The molecule has 11 heteroatoms. The normalized spacial score (nSPS) is 21.1. The summed E-state index contributed by atoms with van der Waals surface area (Å²) >= 11 is 0. The van der Waals surface area contributed by atoms with Gasteiger partial charge in [-0.05, 0) is 62.3 Å². The zero-order valence-corrected chi connectivity index (χ0v) is 23.8. The molecular formula is C28H39N5O5S. The van der Waals surface area contributed by atoms with E-state index in [0.29, 0.717) is 30.1 Å². The number of nitrogens with zero attached hydrogens (tertiary/aromatic N) is 3. The second kappa shape index (κ2) is 10.7. The van der Waals surface area contributed by atoms with Crippen LogP contribution in [0.25, 0.3) is 0 Å². The number of anilines is 2. The first-order chi connectivity index (χ1) is 18.5. The van der Waals surface area contributed by atoms with Gasteiger partial charge < -0.3 is 20.7 Å². The molecule has 1 aromatic heterocycles. The van der Waals surface area contributed by atoms with Crippen LogP contribution in [0.3, 0.4) is 0 Å². The van der Waals surface area contributed by atoms with E-state index in [0.717, 1.165) is 63.6 Å². The number of hydrogen-bond donors (Lipinski definition) is 2. The van der Waals surface area contributed by atoms with E-state index in [1.807, 2.05) is 6.92 Å². The van der Waals surface area contributed by atoms with E-state index < -0.39 is 27.0 Å². The summed E-state index contributed by atoms with van der Waals surface area (Å²) in [5, 5.41) is 7.47. The van der Waals surface area contributed by atoms with Crippen LogP contribution in [-0.2, 0) is 44.3 Å². The molecule has 0 unspecified atom stereocenters. The highest BCUT2D eigenvalue weighted by atomic mass is 32.2. The van der Waals surface area contributed by atoms with Crippen molar-refractivity contribution >= 4 is 33.0 Å². The monoisotopic (exact) mass is 557 g/mol. The predicted octanol–water partition coefficient (Wildman–Crippen LogP) is 2.44. The molecule has 2 aliphatic carbocycles. The van der Waals surface area contributed by atoms with Gasteiger partial charge in [0.1, 0.15) is 11.6 Å². The summed E-state index contributed by atoms with van der Waals surface area (Å²) < 4.78 is 30.8. The number of Topliss-reactive ketones (excluding diaryl/α,β-unsaturated/α-hetero) is 1. The number of ketones is 1. The van der Waals surface area contributed by atoms with Crippen molar-refractivity contribution in [2.24, 2.45) is 11.7 Å². The van der Waals surface area contributed by atoms with Crippen LogP contribution in [-0.4, -0.2) is 67.7 Å². The molecule has 39 heavy (non-hydrogen) atoms. The lowest BCUT2D eigenvalue weighted by Gasteiger charge is -2.40. The Morgan fingerprint density at radius 3 is 2.64 bits per heavy atom. The third kappa shape index (κ3) is 6.20. The number of sulfone groups is 1. The zero-order chi connectivity index (χ0) is 27.9. The summed E-state index contributed by atoms with van der Waals surface area (Å²) in [6.07, 6.45) is 6.39. The number of amides is 1. The highest BCUT2D eigenvalue weighted by Crippen LogP contribution is 2.41. The molecule has 1 amide bonds. The van der Waals surface area contributed by atoms with Crippen molar-refractivity contribution in [3.8, 4) is 0 Å². The summed E-state index contributed by atoms with van der Waals surface area (Å²) in [4.78, 5) is 27.8. The number of aryl methyl sites for hydroxylation is 2. The number of rotatable bonds is 12. The molecule has 2 aromatic rings. The van der Waals surface area contributed by atoms with Gasteiger partial charge in [-0.15, -0.1) is 0 Å². The minimum absolute atomic E-state index is 0.240. The van der Waals surface area contributed by atoms with E-state index in [1.54, 1.807) is 4.68 Å². The van der Waals surface area contributed by atoms with Gasteiger partial charge >= 0.3 is 0 Å². The Morgan fingerprint density at radius 2 is 2.00 bits per heavy atom. The minimum Gasteiger partial charge on any atom is -0.375 e. The molecule has 2 heterocycles. The van der Waals surface area contributed by atoms with E-state index in [2.05, 4.69) is 28.4 Å². The topological polar surface area (TPSA) is 137 Å². The Hall–Kier alpha value is -2.76. The number of carbonyl (C=O) groups excluding carboxylic acids is 2. The van der Waals surface area contributed by atoms with Crippen LogP contribution >= 0.6 is 0 Å². The van der Waals surface area contributed by atoms with Gasteiger partial charge in [-0.2, -0.15) is 5.10 Å². The molecule has 1 atom stereocenters. The van der Waals surface area contributed by atoms with Gasteiger partial charge in [-0.3, -0.25) is 9.59 Å². The standard InChI is InChI=1S/C28H39N5O5S/c1-4-38-22-15-32(16-22)21-7-8-23-20(13-21)9-11-28(23,29)14-24-26(18(2)34)27(30-25(35)17-39(3,36)37)33(31-24)12-10-19-5-6-19/h7-8,13,19,22H,4-6,9-12,14-17,29H2,1-3H3,(H,30,35)/t28-/m1/s1. The Bertz CT molecular complexity index is 1380. The maximum absolute atomic E-state index is 12.9. The summed E-state index contributed by atoms with van der Waals surface area (Å²) in [7, 11) is -3.53. The van der Waals surface area contributed by atoms with Crippen molar-refractivity contribution in [3.05, 3.63) is 40.6 Å². The summed E-state index contributed by atoms with van der Waals surface area (Å²) in [5.41, 5.74) is 10.6. The van der Waals surface area contributed by atoms with Crippen LogP contribution in [0.15, 0.2) is 18.2 Å². The highest BCUT2D eigenvalue weighted by molar-refractivity contribution is 7.91. The van der Waals surface area contributed by atoms with E-state index >= 15 is 0 Å². The number of fused-ring (bicyclic) bond motifs is 1. The van der Waals surface area contributed by atoms with Gasteiger partial charge in [0.05, 0.1) is 17.4 Å². The molecule has 1 aromatic carbocycles. The van der Waals surface area contributed by atoms with Crippen molar-refractivity contribution in [1.29, 1.82) is 0 Å². The summed E-state index contributed by atoms with van der Waals surface area (Å²) in [5.74, 6) is -0.698. The van der Waals surface area contributed by atoms with Crippen LogP contribution in [0.5, 0.6) is 0 Å². The Balaban J connectivity index is 1.41. The number of carbonyl (C=O) groups is 2. The van der Waals surface area contributed by atoms with E-state index in [-0.39, 0.29) is 17.7 Å². The maximum Gasteiger partial charge on any atom is 0.240 e. The lowest BCUT2D eigenvalue weighted by molar-refractivity contribution is -0.113. The average molecular weight is 558 g/mol. The maximum atomic E-state index is 12.9. The second-order valence-corrected chi connectivity index (χ2v) is 13.6. The number of nitrogens with one attached hydrogen (secondary N) is 1. The third-order valence-electron chi connectivity index (χ3n) is 8.04. The lowest BCUT2D eigenvalue weighted by Crippen LogP contribution is -2.52. The Kier molecular flexibility index (Phi) is 7.60. The molecular weight excluding hydrogens is 518 g/mol. The fourth-order valence-corrected chi connectivity index (χ4v) is 6.39. The first kappa shape index (κ1) is 27.8. The number of ether oxygens (including phenoxy) is 1. The van der Waals surface area contributed by atoms with Crippen LogP contribution in [0, 0.1) is 5.92 Å². The van der Waals surface area contributed by atoms with Gasteiger partial charge in [0.25, 0.3) is 0 Å². The molecule has 0 bridgehead atoms. The number of nitrogens with two attached hydrogens (primary N) is 1. The number of hydrogen-bond acceptors (Lipinski definition) is 8. The van der Waals surface area contributed by atoms with Crippen LogP contribution in [0.4, 0.5) is 11.5 Å². The molecule has 2 fully saturated rings. The van der Waals surface area contributed by atoms with E-state index in [1.165, 1.54) is 18.2 Å². The molecule has 5 rings (SSSR count). The molecule has 3 N–H and O–H groups in total. The molecule has 10 nitrogen and oxygen atoms in total. The van der Waals surface area contributed by atoms with Crippen molar-refractivity contribution in [3.63, 3.8) is 0 Å². The van der Waals surface area contributed by atoms with Gasteiger partial charge in [0, 0.05) is 50.1 Å². The summed E-state index contributed by atoms with van der Waals surface area (Å²) in [6, 6.07) is 6.41. The largest absolute Gasteiger partial charge is 0.375 e. The van der Waals surface area contributed by atoms with Gasteiger partial charge in [-0.25, -0.2) is 13.1 Å². The average Bonchev–Trinajstić information content (AvgIpc) is 3.51.